The maximum Gasteiger partial charge on any atom is 0.322 e. The van der Waals surface area contributed by atoms with Crippen molar-refractivity contribution in [1.82, 2.24) is 4.90 Å². The van der Waals surface area contributed by atoms with Gasteiger partial charge in [-0.05, 0) is 47.4 Å². The van der Waals surface area contributed by atoms with E-state index in [1.54, 1.807) is 23.1 Å². The Morgan fingerprint density at radius 1 is 1.00 bits per heavy atom. The molecule has 0 unspecified atom stereocenters. The van der Waals surface area contributed by atoms with Crippen molar-refractivity contribution < 1.29 is 9.18 Å². The molecule has 1 atom stereocenters. The highest BCUT2D eigenvalue weighted by Gasteiger charge is 2.32. The van der Waals surface area contributed by atoms with Crippen molar-refractivity contribution >= 4 is 23.3 Å². The minimum Gasteiger partial charge on any atom is -0.313 e. The summed E-state index contributed by atoms with van der Waals surface area (Å²) >= 11 is 6.04. The number of urea groups is 1. The van der Waals surface area contributed by atoms with Crippen molar-refractivity contribution in [1.29, 1.82) is 0 Å². The van der Waals surface area contributed by atoms with Crippen molar-refractivity contribution in [2.45, 2.75) is 12.5 Å². The van der Waals surface area contributed by atoms with Gasteiger partial charge in [0.15, 0.2) is 0 Å². The number of rotatable bonds is 2. The van der Waals surface area contributed by atoms with Crippen LogP contribution < -0.4 is 5.32 Å². The molecule has 27 heavy (non-hydrogen) atoms. The number of hydrogen-bond acceptors (Lipinski definition) is 1. The molecule has 0 bridgehead atoms. The summed E-state index contributed by atoms with van der Waals surface area (Å²) < 4.78 is 14.0. The van der Waals surface area contributed by atoms with E-state index in [0.29, 0.717) is 11.6 Å². The molecule has 3 nitrogen and oxygen atoms in total. The lowest BCUT2D eigenvalue weighted by atomic mass is 9.88. The molecule has 0 spiro atoms. The number of carbonyl (C=O) groups excluding carboxylic acids is 1. The number of halogens is 2. The predicted molar refractivity (Wildman–Crippen MR) is 106 cm³/mol. The number of benzene rings is 3. The predicted octanol–water partition coefficient (Wildman–Crippen LogP) is 5.66. The summed E-state index contributed by atoms with van der Waals surface area (Å²) in [5, 5.41) is 3.35. The normalized spacial score (nSPS) is 15.9. The Morgan fingerprint density at radius 2 is 1.70 bits per heavy atom. The monoisotopic (exact) mass is 380 g/mol. The van der Waals surface area contributed by atoms with E-state index in [0.717, 1.165) is 17.5 Å². The van der Waals surface area contributed by atoms with Gasteiger partial charge in [-0.15, -0.1) is 0 Å². The van der Waals surface area contributed by atoms with Crippen LogP contribution in [0.2, 0.25) is 5.02 Å². The van der Waals surface area contributed by atoms with Gasteiger partial charge in [-0.3, -0.25) is 0 Å². The van der Waals surface area contributed by atoms with Crippen LogP contribution in [0.4, 0.5) is 14.9 Å². The Labute approximate surface area is 162 Å². The lowest BCUT2D eigenvalue weighted by Gasteiger charge is -2.37. The van der Waals surface area contributed by atoms with E-state index in [9.17, 15) is 9.18 Å². The van der Waals surface area contributed by atoms with Gasteiger partial charge in [0.1, 0.15) is 5.82 Å². The Morgan fingerprint density at radius 3 is 2.48 bits per heavy atom. The molecule has 1 aliphatic heterocycles. The summed E-state index contributed by atoms with van der Waals surface area (Å²) in [6, 6.07) is 21.2. The van der Waals surface area contributed by atoms with Crippen LogP contribution in [0.3, 0.4) is 0 Å². The summed E-state index contributed by atoms with van der Waals surface area (Å²) in [4.78, 5) is 14.8. The molecule has 5 heteroatoms. The fourth-order valence-electron chi connectivity index (χ4n) is 3.54. The molecule has 0 aliphatic carbocycles. The highest BCUT2D eigenvalue weighted by Crippen LogP contribution is 2.36. The zero-order valence-corrected chi connectivity index (χ0v) is 15.3. The number of hydrogen-bond donors (Lipinski definition) is 1. The van der Waals surface area contributed by atoms with Gasteiger partial charge < -0.3 is 10.2 Å². The first-order chi connectivity index (χ1) is 13.1. The summed E-state index contributed by atoms with van der Waals surface area (Å²) in [6.45, 7) is 0.546. The highest BCUT2D eigenvalue weighted by molar-refractivity contribution is 6.30. The summed E-state index contributed by atoms with van der Waals surface area (Å²) in [6.07, 6.45) is 0.755. The topological polar surface area (TPSA) is 32.3 Å². The lowest BCUT2D eigenvalue weighted by Crippen LogP contribution is -2.43. The van der Waals surface area contributed by atoms with Gasteiger partial charge in [0.05, 0.1) is 11.7 Å². The first-order valence-corrected chi connectivity index (χ1v) is 9.17. The SMILES string of the molecule is O=C(Nc1ccccc1F)N1CCc2ccccc2[C@H]1c1ccc(Cl)cc1. The van der Waals surface area contributed by atoms with Gasteiger partial charge in [-0.1, -0.05) is 60.1 Å². The maximum atomic E-state index is 14.0. The summed E-state index contributed by atoms with van der Waals surface area (Å²) in [5.41, 5.74) is 3.44. The molecular formula is C22H18ClFN2O. The minimum atomic E-state index is -0.452. The molecule has 4 rings (SSSR count). The second-order valence-corrected chi connectivity index (χ2v) is 6.94. The second kappa shape index (κ2) is 7.41. The van der Waals surface area contributed by atoms with Crippen molar-refractivity contribution in [2.75, 3.05) is 11.9 Å². The zero-order chi connectivity index (χ0) is 18.8. The number of amides is 2. The number of nitrogens with one attached hydrogen (secondary N) is 1. The molecule has 0 aromatic heterocycles. The van der Waals surface area contributed by atoms with E-state index >= 15 is 0 Å². The van der Waals surface area contributed by atoms with Crippen molar-refractivity contribution in [3.63, 3.8) is 0 Å². The van der Waals surface area contributed by atoms with Crippen LogP contribution in [-0.2, 0) is 6.42 Å². The first-order valence-electron chi connectivity index (χ1n) is 8.79. The molecule has 1 aliphatic rings. The van der Waals surface area contributed by atoms with Gasteiger partial charge in [0, 0.05) is 11.6 Å². The molecule has 0 fully saturated rings. The third-order valence-corrected chi connectivity index (χ3v) is 5.10. The molecule has 0 saturated heterocycles. The molecule has 3 aromatic rings. The van der Waals surface area contributed by atoms with E-state index in [-0.39, 0.29) is 17.8 Å². The first kappa shape index (κ1) is 17.6. The van der Waals surface area contributed by atoms with Crippen LogP contribution in [0, 0.1) is 5.82 Å². The molecule has 2 amide bonds. The van der Waals surface area contributed by atoms with Gasteiger partial charge in [0.25, 0.3) is 0 Å². The average Bonchev–Trinajstić information content (AvgIpc) is 2.69. The molecular weight excluding hydrogens is 363 g/mol. The van der Waals surface area contributed by atoms with Crippen LogP contribution in [-0.4, -0.2) is 17.5 Å². The number of fused-ring (bicyclic) bond motifs is 1. The van der Waals surface area contributed by atoms with Gasteiger partial charge in [-0.25, -0.2) is 9.18 Å². The number of carbonyl (C=O) groups is 1. The zero-order valence-electron chi connectivity index (χ0n) is 14.5. The third kappa shape index (κ3) is 3.53. The molecule has 0 radical (unpaired) electrons. The average molecular weight is 381 g/mol. The van der Waals surface area contributed by atoms with Crippen molar-refractivity contribution in [3.05, 3.63) is 100 Å². The second-order valence-electron chi connectivity index (χ2n) is 6.51. The van der Waals surface area contributed by atoms with Crippen LogP contribution in [0.5, 0.6) is 0 Å². The summed E-state index contributed by atoms with van der Waals surface area (Å²) in [7, 11) is 0. The van der Waals surface area contributed by atoms with Crippen molar-refractivity contribution in [2.24, 2.45) is 0 Å². The van der Waals surface area contributed by atoms with Crippen LogP contribution in [0.1, 0.15) is 22.7 Å². The van der Waals surface area contributed by atoms with Crippen LogP contribution in [0.15, 0.2) is 72.8 Å². The molecule has 1 N–H and O–H groups in total. The van der Waals surface area contributed by atoms with E-state index < -0.39 is 5.82 Å². The standard InChI is InChI=1S/C22H18ClFN2O/c23-17-11-9-16(10-12-17)21-18-6-2-1-5-15(18)13-14-26(21)22(27)25-20-8-4-3-7-19(20)24/h1-12,21H,13-14H2,(H,25,27)/t21-/m1/s1. The Balaban J connectivity index is 1.71. The van der Waals surface area contributed by atoms with E-state index in [4.69, 9.17) is 11.6 Å². The Kier molecular flexibility index (Phi) is 4.82. The lowest BCUT2D eigenvalue weighted by molar-refractivity contribution is 0.194. The van der Waals surface area contributed by atoms with E-state index in [1.165, 1.54) is 11.6 Å². The van der Waals surface area contributed by atoms with E-state index in [1.807, 2.05) is 42.5 Å². The quantitative estimate of drug-likeness (QED) is 0.611. The highest BCUT2D eigenvalue weighted by atomic mass is 35.5. The fourth-order valence-corrected chi connectivity index (χ4v) is 3.67. The minimum absolute atomic E-state index is 0.177. The van der Waals surface area contributed by atoms with Gasteiger partial charge in [0.2, 0.25) is 0 Å². The Bertz CT molecular complexity index is 974. The fraction of sp³-hybridized carbons (Fsp3) is 0.136. The number of nitrogens with zero attached hydrogens (tertiary/aromatic N) is 1. The van der Waals surface area contributed by atoms with Crippen LogP contribution in [0.25, 0.3) is 0 Å². The van der Waals surface area contributed by atoms with E-state index in [2.05, 4.69) is 11.4 Å². The van der Waals surface area contributed by atoms with Gasteiger partial charge in [-0.2, -0.15) is 0 Å². The van der Waals surface area contributed by atoms with Crippen molar-refractivity contribution in [3.8, 4) is 0 Å². The smallest absolute Gasteiger partial charge is 0.313 e. The number of para-hydroxylation sites is 1. The molecule has 0 saturated carbocycles. The Hall–Kier alpha value is -2.85. The molecule has 1 heterocycles. The molecule has 136 valence electrons. The third-order valence-electron chi connectivity index (χ3n) is 4.85. The maximum absolute atomic E-state index is 14.0. The molecule has 3 aromatic carbocycles. The van der Waals surface area contributed by atoms with Crippen LogP contribution >= 0.6 is 11.6 Å². The number of anilines is 1. The largest absolute Gasteiger partial charge is 0.322 e. The summed E-state index contributed by atoms with van der Waals surface area (Å²) in [5.74, 6) is -0.452. The van der Waals surface area contributed by atoms with Gasteiger partial charge >= 0.3 is 6.03 Å².